The molecule has 122 valence electrons. The van der Waals surface area contributed by atoms with E-state index in [0.29, 0.717) is 16.3 Å². The number of hydrogen-bond donors (Lipinski definition) is 2. The number of aldehydes is 1. The molecule has 9 heteroatoms. The summed E-state index contributed by atoms with van der Waals surface area (Å²) in [7, 11) is 1.22. The summed E-state index contributed by atoms with van der Waals surface area (Å²) in [6.45, 7) is 5.20. The van der Waals surface area contributed by atoms with Crippen molar-refractivity contribution in [2.75, 3.05) is 19.0 Å². The summed E-state index contributed by atoms with van der Waals surface area (Å²) in [5.74, 6) is -0.620. The number of rotatable bonds is 6. The molecule has 0 aromatic carbocycles. The van der Waals surface area contributed by atoms with Gasteiger partial charge in [0.1, 0.15) is 11.6 Å². The number of aromatic nitrogens is 1. The molecule has 0 saturated heterocycles. The van der Waals surface area contributed by atoms with E-state index in [1.165, 1.54) is 13.3 Å². The largest absolute Gasteiger partial charge is 0.467 e. The van der Waals surface area contributed by atoms with Crippen LogP contribution in [0.2, 0.25) is 0 Å². The zero-order valence-corrected chi connectivity index (χ0v) is 13.7. The Balaban J connectivity index is 2.62. The van der Waals surface area contributed by atoms with Crippen LogP contribution < -0.4 is 10.6 Å². The number of carbonyl (C=O) groups excluding carboxylic acids is 3. The van der Waals surface area contributed by atoms with Crippen molar-refractivity contribution in [1.29, 1.82) is 0 Å². The summed E-state index contributed by atoms with van der Waals surface area (Å²) >= 11 is 1.14. The number of nitrogens with zero attached hydrogens (tertiary/aromatic N) is 1. The smallest absolute Gasteiger partial charge is 0.408 e. The number of hydrogen-bond acceptors (Lipinski definition) is 8. The summed E-state index contributed by atoms with van der Waals surface area (Å²) in [5, 5.41) is 5.74. The second-order valence-corrected chi connectivity index (χ2v) is 6.35. The van der Waals surface area contributed by atoms with Crippen LogP contribution in [-0.4, -0.2) is 48.6 Å². The molecule has 0 aliphatic rings. The molecule has 1 amide bonds. The van der Waals surface area contributed by atoms with Crippen LogP contribution in [0.3, 0.4) is 0 Å². The van der Waals surface area contributed by atoms with Crippen molar-refractivity contribution < 1.29 is 23.9 Å². The van der Waals surface area contributed by atoms with E-state index in [1.54, 1.807) is 20.8 Å². The van der Waals surface area contributed by atoms with Gasteiger partial charge in [-0.15, -0.1) is 0 Å². The van der Waals surface area contributed by atoms with Crippen molar-refractivity contribution in [3.63, 3.8) is 0 Å². The lowest BCUT2D eigenvalue weighted by atomic mass is 10.2. The van der Waals surface area contributed by atoms with Gasteiger partial charge in [-0.2, -0.15) is 0 Å². The Morgan fingerprint density at radius 3 is 2.64 bits per heavy atom. The van der Waals surface area contributed by atoms with E-state index in [-0.39, 0.29) is 6.54 Å². The van der Waals surface area contributed by atoms with E-state index in [0.717, 1.165) is 11.3 Å². The van der Waals surface area contributed by atoms with Crippen LogP contribution in [0, 0.1) is 0 Å². The average molecular weight is 329 g/mol. The highest BCUT2D eigenvalue weighted by Gasteiger charge is 2.25. The quantitative estimate of drug-likeness (QED) is 0.600. The molecule has 1 rings (SSSR count). The average Bonchev–Trinajstić information content (AvgIpc) is 2.88. The molecule has 0 aliphatic carbocycles. The molecule has 0 bridgehead atoms. The first-order valence-corrected chi connectivity index (χ1v) is 7.29. The molecule has 22 heavy (non-hydrogen) atoms. The lowest BCUT2D eigenvalue weighted by molar-refractivity contribution is -0.142. The van der Waals surface area contributed by atoms with Gasteiger partial charge in [-0.05, 0) is 20.8 Å². The number of alkyl carbamates (subject to hydrolysis) is 1. The van der Waals surface area contributed by atoms with Crippen LogP contribution in [0.15, 0.2) is 6.20 Å². The number of methoxy groups -OCH3 is 1. The van der Waals surface area contributed by atoms with E-state index in [4.69, 9.17) is 4.74 Å². The molecule has 2 N–H and O–H groups in total. The number of esters is 1. The predicted octanol–water partition coefficient (Wildman–Crippen LogP) is 1.43. The monoisotopic (exact) mass is 329 g/mol. The first-order chi connectivity index (χ1) is 10.2. The van der Waals surface area contributed by atoms with Crippen molar-refractivity contribution in [1.82, 2.24) is 10.3 Å². The zero-order chi connectivity index (χ0) is 16.8. The second kappa shape index (κ2) is 7.74. The number of anilines is 1. The molecule has 0 unspecified atom stereocenters. The summed E-state index contributed by atoms with van der Waals surface area (Å²) < 4.78 is 9.73. The van der Waals surface area contributed by atoms with E-state index >= 15 is 0 Å². The molecule has 8 nitrogen and oxygen atoms in total. The van der Waals surface area contributed by atoms with Crippen LogP contribution in [0.1, 0.15) is 30.4 Å². The second-order valence-electron chi connectivity index (χ2n) is 5.29. The molecule has 0 fully saturated rings. The van der Waals surface area contributed by atoms with Gasteiger partial charge < -0.3 is 20.1 Å². The van der Waals surface area contributed by atoms with Crippen LogP contribution in [-0.2, 0) is 14.3 Å². The van der Waals surface area contributed by atoms with Crippen LogP contribution in [0.4, 0.5) is 9.93 Å². The highest BCUT2D eigenvalue weighted by Crippen LogP contribution is 2.16. The third-order valence-electron chi connectivity index (χ3n) is 2.27. The maximum absolute atomic E-state index is 11.7. The van der Waals surface area contributed by atoms with Gasteiger partial charge in [0.15, 0.2) is 11.4 Å². The van der Waals surface area contributed by atoms with Gasteiger partial charge in [-0.3, -0.25) is 4.79 Å². The minimum Gasteiger partial charge on any atom is -0.467 e. The Morgan fingerprint density at radius 1 is 1.45 bits per heavy atom. The lowest BCUT2D eigenvalue weighted by Gasteiger charge is -2.22. The van der Waals surface area contributed by atoms with Gasteiger partial charge >= 0.3 is 12.1 Å². The number of thiazole rings is 1. The fourth-order valence-electron chi connectivity index (χ4n) is 1.40. The fraction of sp³-hybridized carbons (Fsp3) is 0.538. The summed E-state index contributed by atoms with van der Waals surface area (Å²) in [6.07, 6.45) is 1.37. The van der Waals surface area contributed by atoms with Crippen molar-refractivity contribution >= 4 is 34.8 Å². The van der Waals surface area contributed by atoms with Crippen molar-refractivity contribution in [2.45, 2.75) is 32.4 Å². The van der Waals surface area contributed by atoms with E-state index in [1.807, 2.05) is 0 Å². The van der Waals surface area contributed by atoms with Gasteiger partial charge in [-0.1, -0.05) is 11.3 Å². The molecular formula is C13H19N3O5S. The summed E-state index contributed by atoms with van der Waals surface area (Å²) in [6, 6.07) is -0.941. The Bertz CT molecular complexity index is 538. The number of amides is 1. The molecule has 0 spiro atoms. The molecule has 1 heterocycles. The van der Waals surface area contributed by atoms with E-state index in [2.05, 4.69) is 20.4 Å². The maximum atomic E-state index is 11.7. The maximum Gasteiger partial charge on any atom is 0.408 e. The van der Waals surface area contributed by atoms with Crippen LogP contribution in [0.25, 0.3) is 0 Å². The molecule has 1 aromatic heterocycles. The highest BCUT2D eigenvalue weighted by molar-refractivity contribution is 7.17. The molecule has 1 aromatic rings. The van der Waals surface area contributed by atoms with Gasteiger partial charge in [0, 0.05) is 6.54 Å². The minimum atomic E-state index is -0.941. The standard InChI is InChI=1S/C13H19N3O5S/c1-13(2,3)21-12(19)16-9(10(18)20-4)6-15-11-14-5-8(7-17)22-11/h5,7,9H,6H2,1-4H3,(H,14,15)(H,16,19)/t9-/m0/s1. The van der Waals surface area contributed by atoms with Crippen LogP contribution in [0.5, 0.6) is 0 Å². The minimum absolute atomic E-state index is 0.0533. The topological polar surface area (TPSA) is 107 Å². The van der Waals surface area contributed by atoms with Crippen molar-refractivity contribution in [3.8, 4) is 0 Å². The van der Waals surface area contributed by atoms with E-state index < -0.39 is 23.7 Å². The molecule has 0 saturated carbocycles. The number of nitrogens with one attached hydrogen (secondary N) is 2. The molecular weight excluding hydrogens is 310 g/mol. The number of carbonyl (C=O) groups is 3. The SMILES string of the molecule is COC(=O)[C@H](CNc1ncc(C=O)s1)NC(=O)OC(C)(C)C. The third kappa shape index (κ3) is 6.08. The van der Waals surface area contributed by atoms with Gasteiger partial charge in [0.25, 0.3) is 0 Å². The van der Waals surface area contributed by atoms with Crippen LogP contribution >= 0.6 is 11.3 Å². The van der Waals surface area contributed by atoms with Crippen molar-refractivity contribution in [2.24, 2.45) is 0 Å². The Morgan fingerprint density at radius 2 is 2.14 bits per heavy atom. The predicted molar refractivity (Wildman–Crippen MR) is 81.2 cm³/mol. The van der Waals surface area contributed by atoms with Crippen molar-refractivity contribution in [3.05, 3.63) is 11.1 Å². The van der Waals surface area contributed by atoms with Gasteiger partial charge in [-0.25, -0.2) is 14.6 Å². The lowest BCUT2D eigenvalue weighted by Crippen LogP contribution is -2.47. The molecule has 1 atom stereocenters. The zero-order valence-electron chi connectivity index (χ0n) is 12.8. The normalized spacial score (nSPS) is 12.2. The Hall–Kier alpha value is -2.16. The Labute approximate surface area is 132 Å². The summed E-state index contributed by atoms with van der Waals surface area (Å²) in [4.78, 5) is 38.4. The fourth-order valence-corrected chi connectivity index (χ4v) is 2.04. The first kappa shape index (κ1) is 17.9. The highest BCUT2D eigenvalue weighted by atomic mass is 32.1. The number of ether oxygens (including phenoxy) is 2. The Kier molecular flexibility index (Phi) is 6.29. The third-order valence-corrected chi connectivity index (χ3v) is 3.15. The van der Waals surface area contributed by atoms with Gasteiger partial charge in [0.05, 0.1) is 18.2 Å². The van der Waals surface area contributed by atoms with E-state index in [9.17, 15) is 14.4 Å². The summed E-state index contributed by atoms with van der Waals surface area (Å²) in [5.41, 5.74) is -0.674. The molecule has 0 aliphatic heterocycles. The van der Waals surface area contributed by atoms with Gasteiger partial charge in [0.2, 0.25) is 0 Å². The molecule has 0 radical (unpaired) electrons. The first-order valence-electron chi connectivity index (χ1n) is 6.47.